The van der Waals surface area contributed by atoms with Crippen LogP contribution in [0.2, 0.25) is 0 Å². The van der Waals surface area contributed by atoms with Gasteiger partial charge in [0, 0.05) is 11.3 Å². The zero-order valence-corrected chi connectivity index (χ0v) is 6.52. The third-order valence-electron chi connectivity index (χ3n) is 1.11. The molecule has 0 aliphatic heterocycles. The van der Waals surface area contributed by atoms with Crippen molar-refractivity contribution in [3.05, 3.63) is 23.4 Å². The fourth-order valence-electron chi connectivity index (χ4n) is 0.500. The Labute approximate surface area is 62.6 Å². The lowest BCUT2D eigenvalue weighted by Gasteiger charge is -1.89. The molecule has 0 saturated heterocycles. The molecular formula is C9H13N. The molecule has 0 aromatic heterocycles. The smallest absolute Gasteiger partial charge is 0.00491 e. The van der Waals surface area contributed by atoms with E-state index in [-0.39, 0.29) is 0 Å². The summed E-state index contributed by atoms with van der Waals surface area (Å²) in [5, 5.41) is 0. The van der Waals surface area contributed by atoms with Gasteiger partial charge in [0.25, 0.3) is 0 Å². The topological polar surface area (TPSA) is 26.0 Å². The van der Waals surface area contributed by atoms with Crippen molar-refractivity contribution in [1.82, 2.24) is 0 Å². The van der Waals surface area contributed by atoms with Crippen LogP contribution in [0.25, 0.3) is 0 Å². The second-order valence-electron chi connectivity index (χ2n) is 2.10. The summed E-state index contributed by atoms with van der Waals surface area (Å²) in [5.41, 5.74) is 7.15. The van der Waals surface area contributed by atoms with E-state index in [0.717, 1.165) is 17.7 Å². The summed E-state index contributed by atoms with van der Waals surface area (Å²) in [4.78, 5) is 0. The van der Waals surface area contributed by atoms with E-state index in [9.17, 15) is 0 Å². The zero-order chi connectivity index (χ0) is 7.98. The molecule has 0 unspecified atom stereocenters. The molecule has 0 aromatic rings. The van der Waals surface area contributed by atoms with Crippen molar-refractivity contribution in [3.8, 4) is 12.3 Å². The van der Waals surface area contributed by atoms with Crippen LogP contribution in [0.4, 0.5) is 0 Å². The molecule has 0 aliphatic rings. The monoisotopic (exact) mass is 135 g/mol. The summed E-state index contributed by atoms with van der Waals surface area (Å²) in [6, 6.07) is 0. The summed E-state index contributed by atoms with van der Waals surface area (Å²) in [6.07, 6.45) is 9.76. The van der Waals surface area contributed by atoms with E-state index in [1.54, 1.807) is 0 Å². The fourth-order valence-corrected chi connectivity index (χ4v) is 0.500. The molecule has 0 aromatic carbocycles. The first-order valence-electron chi connectivity index (χ1n) is 3.30. The number of terminal acetylenes is 1. The van der Waals surface area contributed by atoms with Crippen molar-refractivity contribution < 1.29 is 0 Å². The highest BCUT2D eigenvalue weighted by molar-refractivity contribution is 5.29. The predicted octanol–water partition coefficient (Wildman–Crippen LogP) is 1.82. The molecule has 0 radical (unpaired) electrons. The maximum Gasteiger partial charge on any atom is 0.00491 e. The van der Waals surface area contributed by atoms with E-state index < -0.39 is 0 Å². The van der Waals surface area contributed by atoms with E-state index in [4.69, 9.17) is 12.2 Å². The van der Waals surface area contributed by atoms with Crippen molar-refractivity contribution in [3.63, 3.8) is 0 Å². The number of hydrogen-bond donors (Lipinski definition) is 1. The summed E-state index contributed by atoms with van der Waals surface area (Å²) in [6.45, 7) is 3.85. The second kappa shape index (κ2) is 4.69. The fraction of sp³-hybridized carbons (Fsp3) is 0.333. The van der Waals surface area contributed by atoms with Gasteiger partial charge in [0.1, 0.15) is 0 Å². The highest BCUT2D eigenvalue weighted by Crippen LogP contribution is 1.98. The van der Waals surface area contributed by atoms with Crippen molar-refractivity contribution in [2.75, 3.05) is 0 Å². The van der Waals surface area contributed by atoms with Crippen LogP contribution in [0.1, 0.15) is 20.3 Å². The Morgan fingerprint density at radius 1 is 1.60 bits per heavy atom. The number of allylic oxidation sites excluding steroid dienone is 4. The van der Waals surface area contributed by atoms with Crippen LogP contribution in [0.5, 0.6) is 0 Å². The van der Waals surface area contributed by atoms with Gasteiger partial charge in [-0.3, -0.25) is 0 Å². The Balaban J connectivity index is 4.17. The van der Waals surface area contributed by atoms with Crippen molar-refractivity contribution in [2.45, 2.75) is 20.3 Å². The molecule has 54 valence electrons. The van der Waals surface area contributed by atoms with Gasteiger partial charge in [0.15, 0.2) is 0 Å². The van der Waals surface area contributed by atoms with E-state index >= 15 is 0 Å². The number of hydrogen-bond acceptors (Lipinski definition) is 1. The molecule has 0 saturated carbocycles. The lowest BCUT2D eigenvalue weighted by atomic mass is 10.2. The van der Waals surface area contributed by atoms with Crippen LogP contribution in [-0.4, -0.2) is 0 Å². The van der Waals surface area contributed by atoms with Crippen LogP contribution in [0.15, 0.2) is 23.4 Å². The molecule has 2 N–H and O–H groups in total. The van der Waals surface area contributed by atoms with Crippen molar-refractivity contribution >= 4 is 0 Å². The minimum Gasteiger partial charge on any atom is -0.402 e. The molecular weight excluding hydrogens is 122 g/mol. The zero-order valence-electron chi connectivity index (χ0n) is 6.52. The van der Waals surface area contributed by atoms with Gasteiger partial charge in [-0.15, -0.1) is 6.42 Å². The Bertz CT molecular complexity index is 187. The van der Waals surface area contributed by atoms with Crippen LogP contribution in [0, 0.1) is 12.3 Å². The second-order valence-corrected chi connectivity index (χ2v) is 2.10. The molecule has 0 fully saturated rings. The Morgan fingerprint density at radius 3 is 2.50 bits per heavy atom. The molecule has 1 nitrogen and oxygen atoms in total. The van der Waals surface area contributed by atoms with Gasteiger partial charge in [-0.05, 0) is 25.5 Å². The van der Waals surface area contributed by atoms with E-state index in [1.807, 2.05) is 26.0 Å². The maximum atomic E-state index is 5.40. The average molecular weight is 135 g/mol. The minimum atomic E-state index is 0.779. The summed E-state index contributed by atoms with van der Waals surface area (Å²) < 4.78 is 0. The van der Waals surface area contributed by atoms with Gasteiger partial charge in [-0.2, -0.15) is 0 Å². The quantitative estimate of drug-likeness (QED) is 0.453. The largest absolute Gasteiger partial charge is 0.402 e. The summed E-state index contributed by atoms with van der Waals surface area (Å²) >= 11 is 0. The Morgan fingerprint density at radius 2 is 2.20 bits per heavy atom. The molecule has 0 spiro atoms. The average Bonchev–Trinajstić information content (AvgIpc) is 1.90. The van der Waals surface area contributed by atoms with Crippen LogP contribution >= 0.6 is 0 Å². The van der Waals surface area contributed by atoms with Gasteiger partial charge in [0.2, 0.25) is 0 Å². The molecule has 0 amide bonds. The summed E-state index contributed by atoms with van der Waals surface area (Å²) in [5.74, 6) is 2.57. The lowest BCUT2D eigenvalue weighted by Crippen LogP contribution is -1.88. The van der Waals surface area contributed by atoms with Crippen molar-refractivity contribution in [1.29, 1.82) is 0 Å². The highest BCUT2D eigenvalue weighted by Gasteiger charge is 1.82. The van der Waals surface area contributed by atoms with Gasteiger partial charge in [-0.1, -0.05) is 12.8 Å². The molecule has 0 bridgehead atoms. The van der Waals surface area contributed by atoms with Crippen LogP contribution in [-0.2, 0) is 0 Å². The molecule has 0 atom stereocenters. The van der Waals surface area contributed by atoms with Crippen molar-refractivity contribution in [2.24, 2.45) is 5.73 Å². The van der Waals surface area contributed by atoms with Gasteiger partial charge >= 0.3 is 0 Å². The standard InChI is InChI=1S/C9H13N/c1-4-9(5-2)7-6-8(3)10/h1,6-7H,5,10H2,2-3H3/b8-6+,9-7+. The first-order valence-corrected chi connectivity index (χ1v) is 3.30. The maximum absolute atomic E-state index is 5.40. The molecule has 0 aliphatic carbocycles. The number of nitrogens with two attached hydrogens (primary N) is 1. The van der Waals surface area contributed by atoms with E-state index in [0.29, 0.717) is 0 Å². The minimum absolute atomic E-state index is 0.779. The normalized spacial score (nSPS) is 12.9. The Kier molecular flexibility index (Phi) is 4.15. The lowest BCUT2D eigenvalue weighted by molar-refractivity contribution is 1.16. The first kappa shape index (κ1) is 8.84. The van der Waals surface area contributed by atoms with Gasteiger partial charge in [-0.25, -0.2) is 0 Å². The third-order valence-corrected chi connectivity index (χ3v) is 1.11. The summed E-state index contributed by atoms with van der Waals surface area (Å²) in [7, 11) is 0. The third kappa shape index (κ3) is 3.80. The molecule has 0 heterocycles. The number of rotatable bonds is 2. The molecule has 1 heteroatoms. The van der Waals surface area contributed by atoms with Crippen LogP contribution in [0.3, 0.4) is 0 Å². The SMILES string of the molecule is C#C/C(=C\C=C(/C)N)CC. The van der Waals surface area contributed by atoms with E-state index in [2.05, 4.69) is 5.92 Å². The predicted molar refractivity (Wildman–Crippen MR) is 45.2 cm³/mol. The Hall–Kier alpha value is -1.16. The van der Waals surface area contributed by atoms with Crippen LogP contribution < -0.4 is 5.73 Å². The van der Waals surface area contributed by atoms with Gasteiger partial charge < -0.3 is 5.73 Å². The first-order chi connectivity index (χ1) is 4.70. The van der Waals surface area contributed by atoms with E-state index in [1.165, 1.54) is 0 Å². The molecule has 0 rings (SSSR count). The molecule has 10 heavy (non-hydrogen) atoms. The highest BCUT2D eigenvalue weighted by atomic mass is 14.5. The van der Waals surface area contributed by atoms with Gasteiger partial charge in [0.05, 0.1) is 0 Å².